The number of rotatable bonds is 15. The predicted molar refractivity (Wildman–Crippen MR) is 169 cm³/mol. The van der Waals surface area contributed by atoms with E-state index < -0.39 is 20.7 Å². The number of hydrogen-bond acceptors (Lipinski definition) is 15. The van der Waals surface area contributed by atoms with Crippen LogP contribution in [-0.2, 0) is 25.9 Å². The Balaban J connectivity index is 0.927. The van der Waals surface area contributed by atoms with Crippen molar-refractivity contribution < 1.29 is 36.6 Å². The molecule has 48 heavy (non-hydrogen) atoms. The average Bonchev–Trinajstić information content (AvgIpc) is 3.76. The highest BCUT2D eigenvalue weighted by Crippen LogP contribution is 2.32. The summed E-state index contributed by atoms with van der Waals surface area (Å²) in [7, 11) is -4.17. The van der Waals surface area contributed by atoms with Gasteiger partial charge < -0.3 is 30.6 Å². The maximum Gasteiger partial charge on any atom is 0.414 e. The lowest BCUT2D eigenvalue weighted by Gasteiger charge is -2.06. The molecule has 0 fully saturated rings. The van der Waals surface area contributed by atoms with E-state index in [2.05, 4.69) is 24.7 Å². The molecule has 0 unspecified atom stereocenters. The van der Waals surface area contributed by atoms with E-state index in [1.165, 1.54) is 18.5 Å². The minimum atomic E-state index is -4.17. The van der Waals surface area contributed by atoms with E-state index in [-0.39, 0.29) is 47.2 Å². The van der Waals surface area contributed by atoms with E-state index in [0.717, 1.165) is 12.0 Å². The number of hydrogen-bond donors (Lipinski definition) is 2. The van der Waals surface area contributed by atoms with Gasteiger partial charge in [0, 0.05) is 18.5 Å². The molecular formula is C30H31N9O8S. The van der Waals surface area contributed by atoms with Crippen molar-refractivity contribution in [3.63, 3.8) is 0 Å². The van der Waals surface area contributed by atoms with Crippen molar-refractivity contribution in [1.82, 2.24) is 29.9 Å². The number of nitrogen functional groups attached to an aromatic ring is 2. The molecule has 0 bridgehead atoms. The van der Waals surface area contributed by atoms with E-state index in [1.807, 2.05) is 6.07 Å². The highest BCUT2D eigenvalue weighted by Gasteiger charge is 2.35. The molecule has 6 aromatic rings. The third-order valence-electron chi connectivity index (χ3n) is 7.38. The van der Waals surface area contributed by atoms with Crippen molar-refractivity contribution in [2.75, 3.05) is 24.7 Å². The van der Waals surface area contributed by atoms with Gasteiger partial charge in [0.2, 0.25) is 0 Å². The summed E-state index contributed by atoms with van der Waals surface area (Å²) in [5.41, 5.74) is 14.9. The number of benzene rings is 2. The molecule has 0 spiro atoms. The normalized spacial score (nSPS) is 11.8. The van der Waals surface area contributed by atoms with E-state index in [9.17, 15) is 18.4 Å². The largest absolute Gasteiger partial charge is 0.466 e. The van der Waals surface area contributed by atoms with Gasteiger partial charge in [-0.1, -0.05) is 18.2 Å². The number of esters is 1. The maximum absolute atomic E-state index is 12.8. The summed E-state index contributed by atoms with van der Waals surface area (Å²) >= 11 is 0. The third kappa shape index (κ3) is 6.82. The quantitative estimate of drug-likeness (QED) is 0.0900. The lowest BCUT2D eigenvalue weighted by molar-refractivity contribution is -0.832. The van der Waals surface area contributed by atoms with E-state index in [4.69, 9.17) is 30.5 Å². The Kier molecular flexibility index (Phi) is 9.33. The van der Waals surface area contributed by atoms with E-state index in [1.54, 1.807) is 35.0 Å². The van der Waals surface area contributed by atoms with Gasteiger partial charge in [0.05, 0.1) is 28.7 Å². The number of aromatic nitrogens is 7. The van der Waals surface area contributed by atoms with Gasteiger partial charge >= 0.3 is 16.9 Å². The zero-order chi connectivity index (χ0) is 33.7. The van der Waals surface area contributed by atoms with Crippen molar-refractivity contribution in [2.45, 2.75) is 55.0 Å². The molecule has 6 rings (SSSR count). The molecule has 17 nitrogen and oxygen atoms in total. The van der Waals surface area contributed by atoms with Crippen molar-refractivity contribution in [3.05, 3.63) is 60.1 Å². The first kappa shape index (κ1) is 32.2. The van der Waals surface area contributed by atoms with Gasteiger partial charge in [-0.3, -0.25) is 9.42 Å². The first-order valence-corrected chi connectivity index (χ1v) is 16.5. The molecular weight excluding hydrogens is 646 g/mol. The summed E-state index contributed by atoms with van der Waals surface area (Å²) in [6.07, 6.45) is 4.65. The van der Waals surface area contributed by atoms with Crippen LogP contribution < -0.4 is 21.1 Å². The summed E-state index contributed by atoms with van der Waals surface area (Å²) in [6.45, 7) is 0.771. The molecule has 18 heteroatoms. The fourth-order valence-electron chi connectivity index (χ4n) is 5.08. The number of carbonyl (C=O) groups excluding carboxylic acids is 1. The number of sulfone groups is 1. The van der Waals surface area contributed by atoms with Gasteiger partial charge in [0.15, 0.2) is 11.2 Å². The average molecular weight is 678 g/mol. The summed E-state index contributed by atoms with van der Waals surface area (Å²) in [4.78, 5) is 24.8. The summed E-state index contributed by atoms with van der Waals surface area (Å²) < 4.78 is 48.0. The highest BCUT2D eigenvalue weighted by molar-refractivity contribution is 7.91. The third-order valence-corrected chi connectivity index (χ3v) is 9.11. The Morgan fingerprint density at radius 1 is 1.00 bits per heavy atom. The number of anilines is 2. The van der Waals surface area contributed by atoms with Crippen LogP contribution in [0.1, 0.15) is 38.5 Å². The molecule has 0 saturated heterocycles. The lowest BCUT2D eigenvalue weighted by Crippen LogP contribution is -2.30. The predicted octanol–water partition coefficient (Wildman–Crippen LogP) is 3.22. The monoisotopic (exact) mass is 677 g/mol. The number of nitrogens with two attached hydrogens (primary N) is 2. The number of ether oxygens (including phenoxy) is 2. The van der Waals surface area contributed by atoms with Gasteiger partial charge in [0.1, 0.15) is 23.4 Å². The molecule has 4 aromatic heterocycles. The molecule has 2 aromatic carbocycles. The Hall–Kier alpha value is -5.78. The first-order chi connectivity index (χ1) is 23.2. The summed E-state index contributed by atoms with van der Waals surface area (Å²) in [6, 6.07) is 12.9. The van der Waals surface area contributed by atoms with Crippen LogP contribution >= 0.6 is 0 Å². The smallest absolute Gasteiger partial charge is 0.414 e. The summed E-state index contributed by atoms with van der Waals surface area (Å²) in [5, 5.41) is 20.0. The lowest BCUT2D eigenvalue weighted by atomic mass is 10.1. The van der Waals surface area contributed by atoms with Crippen LogP contribution in [0.25, 0.3) is 33.4 Å². The molecule has 0 amide bonds. The van der Waals surface area contributed by atoms with Crippen LogP contribution in [-0.4, -0.2) is 57.5 Å². The van der Waals surface area contributed by atoms with Crippen LogP contribution in [0.3, 0.4) is 0 Å². The molecule has 4 N–H and O–H groups in total. The minimum absolute atomic E-state index is 0.0654. The van der Waals surface area contributed by atoms with Crippen LogP contribution in [0.5, 0.6) is 5.88 Å². The van der Waals surface area contributed by atoms with Crippen molar-refractivity contribution in [1.29, 1.82) is 0 Å². The molecule has 0 saturated carbocycles. The topological polar surface area (TPSA) is 244 Å². The maximum atomic E-state index is 12.8. The first-order valence-electron chi connectivity index (χ1n) is 15.0. The highest BCUT2D eigenvalue weighted by atomic mass is 32.2. The molecule has 0 aliphatic carbocycles. The van der Waals surface area contributed by atoms with Gasteiger partial charge in [0.25, 0.3) is 15.9 Å². The van der Waals surface area contributed by atoms with Crippen LogP contribution in [0.15, 0.2) is 73.8 Å². The zero-order valence-electron chi connectivity index (χ0n) is 25.5. The Morgan fingerprint density at radius 2 is 1.79 bits per heavy atom. The molecule has 250 valence electrons. The number of fused-ring (bicyclic) bond motifs is 2. The second-order valence-corrected chi connectivity index (χ2v) is 12.6. The SMILES string of the molecule is Nc1nc2cc(-c3nn(CCCC(=O)OCCCCCCOc4no[n+]([O-])c4S(=O)(=O)c4ccccc4)c4ncnc(N)c34)ccc2o1. The molecule has 4 heterocycles. The second-order valence-electron chi connectivity index (χ2n) is 10.7. The molecule has 0 radical (unpaired) electrons. The number of oxazole rings is 1. The van der Waals surface area contributed by atoms with Crippen LogP contribution in [0.2, 0.25) is 0 Å². The molecule has 0 atom stereocenters. The minimum Gasteiger partial charge on any atom is -0.466 e. The fraction of sp³-hybridized carbons (Fsp3) is 0.300. The van der Waals surface area contributed by atoms with Crippen LogP contribution in [0, 0.1) is 5.21 Å². The Morgan fingerprint density at radius 3 is 2.60 bits per heavy atom. The van der Waals surface area contributed by atoms with Gasteiger partial charge in [-0.15, -0.1) is 0 Å². The number of carbonyl (C=O) groups is 1. The van der Waals surface area contributed by atoms with Gasteiger partial charge in [-0.2, -0.15) is 10.1 Å². The fourth-order valence-corrected chi connectivity index (χ4v) is 6.37. The van der Waals surface area contributed by atoms with Gasteiger partial charge in [-0.25, -0.2) is 23.1 Å². The molecule has 0 aliphatic rings. The molecule has 0 aliphatic heterocycles. The van der Waals surface area contributed by atoms with Crippen molar-refractivity contribution in [2.24, 2.45) is 0 Å². The van der Waals surface area contributed by atoms with E-state index >= 15 is 0 Å². The van der Waals surface area contributed by atoms with Crippen molar-refractivity contribution in [3.8, 4) is 17.1 Å². The zero-order valence-corrected chi connectivity index (χ0v) is 26.3. The van der Waals surface area contributed by atoms with E-state index in [0.29, 0.717) is 60.1 Å². The number of aryl methyl sites for hydroxylation is 1. The number of unbranched alkanes of at least 4 members (excludes halogenated alkanes) is 3. The van der Waals surface area contributed by atoms with Crippen molar-refractivity contribution >= 4 is 49.8 Å². The number of nitrogens with zero attached hydrogens (tertiary/aromatic N) is 7. The van der Waals surface area contributed by atoms with Gasteiger partial charge in [-0.05, 0) is 67.3 Å². The standard InChI is InChI=1S/C30H31N9O8S/c31-26-24-25(19-12-13-22-21(17-19)35-30(32)46-22)36-38(27(24)34-18-33-26)14-8-11-23(40)44-15-6-1-2-7-16-45-28-29(39(41)47-37-28)48(42,43)20-9-4-3-5-10-20/h3-5,9-10,12-13,17-18H,1-2,6-8,11,14-16H2,(H2,32,35)(H2,31,33,34). The summed E-state index contributed by atoms with van der Waals surface area (Å²) in [5.74, 6) is -0.444. The Bertz CT molecular complexity index is 2160. The Labute approximate surface area is 272 Å². The van der Waals surface area contributed by atoms with Crippen LogP contribution in [0.4, 0.5) is 11.8 Å². The second kappa shape index (κ2) is 13.9.